The molecule has 2 N–H and O–H groups in total. The first kappa shape index (κ1) is 13.0. The highest BCUT2D eigenvalue weighted by Crippen LogP contribution is 2.31. The van der Waals surface area contributed by atoms with Crippen LogP contribution in [-0.2, 0) is 6.42 Å². The smallest absolute Gasteiger partial charge is 0.161 e. The van der Waals surface area contributed by atoms with Crippen molar-refractivity contribution in [3.8, 4) is 11.5 Å². The molecule has 1 aliphatic heterocycles. The molecular formula is C17H19NO2. The van der Waals surface area contributed by atoms with E-state index in [9.17, 15) is 0 Å². The Morgan fingerprint density at radius 1 is 1.00 bits per heavy atom. The molecular weight excluding hydrogens is 250 g/mol. The van der Waals surface area contributed by atoms with Gasteiger partial charge in [-0.3, -0.25) is 0 Å². The SMILES string of the molecule is N[C@H](CCc1ccccc1)[C@@H]1COc2ccccc2O1. The van der Waals surface area contributed by atoms with Gasteiger partial charge in [0.2, 0.25) is 0 Å². The first-order chi connectivity index (χ1) is 9.83. The Balaban J connectivity index is 1.58. The van der Waals surface area contributed by atoms with E-state index in [-0.39, 0.29) is 12.1 Å². The van der Waals surface area contributed by atoms with E-state index in [1.807, 2.05) is 30.3 Å². The van der Waals surface area contributed by atoms with Crippen LogP contribution in [0, 0.1) is 0 Å². The predicted molar refractivity (Wildman–Crippen MR) is 79.1 cm³/mol. The summed E-state index contributed by atoms with van der Waals surface area (Å²) in [6.45, 7) is 0.521. The van der Waals surface area contributed by atoms with Gasteiger partial charge in [0.1, 0.15) is 12.7 Å². The van der Waals surface area contributed by atoms with Crippen LogP contribution < -0.4 is 15.2 Å². The highest BCUT2D eigenvalue weighted by molar-refractivity contribution is 5.40. The fourth-order valence-corrected chi connectivity index (χ4v) is 2.41. The highest BCUT2D eigenvalue weighted by atomic mass is 16.6. The molecule has 1 heterocycles. The monoisotopic (exact) mass is 269 g/mol. The lowest BCUT2D eigenvalue weighted by atomic mass is 10.0. The molecule has 3 heteroatoms. The zero-order valence-electron chi connectivity index (χ0n) is 11.4. The van der Waals surface area contributed by atoms with Gasteiger partial charge in [-0.1, -0.05) is 42.5 Å². The van der Waals surface area contributed by atoms with Crippen molar-refractivity contribution in [2.24, 2.45) is 5.73 Å². The maximum Gasteiger partial charge on any atom is 0.161 e. The summed E-state index contributed by atoms with van der Waals surface area (Å²) in [5.74, 6) is 1.60. The van der Waals surface area contributed by atoms with Gasteiger partial charge in [-0.15, -0.1) is 0 Å². The lowest BCUT2D eigenvalue weighted by Gasteiger charge is -2.30. The van der Waals surface area contributed by atoms with E-state index in [1.54, 1.807) is 0 Å². The second kappa shape index (κ2) is 5.97. The first-order valence-corrected chi connectivity index (χ1v) is 7.01. The summed E-state index contributed by atoms with van der Waals surface area (Å²) < 4.78 is 11.6. The molecule has 0 unspecified atom stereocenters. The highest BCUT2D eigenvalue weighted by Gasteiger charge is 2.26. The zero-order chi connectivity index (χ0) is 13.8. The van der Waals surface area contributed by atoms with Crippen molar-refractivity contribution in [2.45, 2.75) is 25.0 Å². The third-order valence-electron chi connectivity index (χ3n) is 3.62. The van der Waals surface area contributed by atoms with Crippen LogP contribution >= 0.6 is 0 Å². The van der Waals surface area contributed by atoms with Crippen molar-refractivity contribution in [1.82, 2.24) is 0 Å². The largest absolute Gasteiger partial charge is 0.486 e. The zero-order valence-corrected chi connectivity index (χ0v) is 11.4. The molecule has 3 rings (SSSR count). The summed E-state index contributed by atoms with van der Waals surface area (Å²) in [6.07, 6.45) is 1.78. The van der Waals surface area contributed by atoms with Crippen molar-refractivity contribution in [3.05, 3.63) is 60.2 Å². The maximum absolute atomic E-state index is 6.25. The summed E-state index contributed by atoms with van der Waals surface area (Å²) in [6, 6.07) is 18.1. The van der Waals surface area contributed by atoms with Gasteiger partial charge in [0.15, 0.2) is 11.5 Å². The molecule has 2 aromatic rings. The van der Waals surface area contributed by atoms with Crippen LogP contribution in [0.15, 0.2) is 54.6 Å². The molecule has 0 fully saturated rings. The number of nitrogens with two attached hydrogens (primary N) is 1. The van der Waals surface area contributed by atoms with Gasteiger partial charge in [0, 0.05) is 6.04 Å². The molecule has 0 aliphatic carbocycles. The molecule has 0 amide bonds. The van der Waals surface area contributed by atoms with Crippen LogP contribution in [0.1, 0.15) is 12.0 Å². The van der Waals surface area contributed by atoms with Crippen LogP contribution in [0.4, 0.5) is 0 Å². The second-order valence-corrected chi connectivity index (χ2v) is 5.10. The van der Waals surface area contributed by atoms with E-state index in [2.05, 4.69) is 24.3 Å². The van der Waals surface area contributed by atoms with E-state index in [0.717, 1.165) is 24.3 Å². The van der Waals surface area contributed by atoms with Gasteiger partial charge in [-0.2, -0.15) is 0 Å². The van der Waals surface area contributed by atoms with Crippen LogP contribution in [0.25, 0.3) is 0 Å². The summed E-state index contributed by atoms with van der Waals surface area (Å²) >= 11 is 0. The number of hydrogen-bond acceptors (Lipinski definition) is 3. The quantitative estimate of drug-likeness (QED) is 0.928. The summed E-state index contributed by atoms with van der Waals surface area (Å²) in [5.41, 5.74) is 7.55. The Bertz CT molecular complexity index is 556. The molecule has 0 aromatic heterocycles. The lowest BCUT2D eigenvalue weighted by Crippen LogP contribution is -2.45. The number of aryl methyl sites for hydroxylation is 1. The number of ether oxygens (including phenoxy) is 2. The summed E-state index contributed by atoms with van der Waals surface area (Å²) in [7, 11) is 0. The molecule has 0 saturated heterocycles. The van der Waals surface area contributed by atoms with Crippen molar-refractivity contribution >= 4 is 0 Å². The van der Waals surface area contributed by atoms with Crippen LogP contribution in [0.2, 0.25) is 0 Å². The second-order valence-electron chi connectivity index (χ2n) is 5.10. The molecule has 3 nitrogen and oxygen atoms in total. The van der Waals surface area contributed by atoms with E-state index in [1.165, 1.54) is 5.56 Å². The van der Waals surface area contributed by atoms with E-state index < -0.39 is 0 Å². The van der Waals surface area contributed by atoms with Gasteiger partial charge >= 0.3 is 0 Å². The topological polar surface area (TPSA) is 44.5 Å². The minimum Gasteiger partial charge on any atom is -0.486 e. The van der Waals surface area contributed by atoms with Crippen molar-refractivity contribution < 1.29 is 9.47 Å². The fraction of sp³-hybridized carbons (Fsp3) is 0.294. The average Bonchev–Trinajstić information content (AvgIpc) is 2.53. The van der Waals surface area contributed by atoms with Gasteiger partial charge < -0.3 is 15.2 Å². The van der Waals surface area contributed by atoms with Gasteiger partial charge in [-0.25, -0.2) is 0 Å². The lowest BCUT2D eigenvalue weighted by molar-refractivity contribution is 0.0702. The maximum atomic E-state index is 6.25. The van der Waals surface area contributed by atoms with Crippen LogP contribution in [0.5, 0.6) is 11.5 Å². The number of benzene rings is 2. The third-order valence-corrected chi connectivity index (χ3v) is 3.62. The Morgan fingerprint density at radius 2 is 1.70 bits per heavy atom. The Hall–Kier alpha value is -2.00. The molecule has 0 bridgehead atoms. The normalized spacial score (nSPS) is 18.6. The molecule has 1 aliphatic rings. The molecule has 20 heavy (non-hydrogen) atoms. The van der Waals surface area contributed by atoms with Gasteiger partial charge in [0.25, 0.3) is 0 Å². The number of rotatable bonds is 4. The van der Waals surface area contributed by atoms with Gasteiger partial charge in [0.05, 0.1) is 0 Å². The Kier molecular flexibility index (Phi) is 3.88. The fourth-order valence-electron chi connectivity index (χ4n) is 2.41. The standard InChI is InChI=1S/C17H19NO2/c18-14(11-10-13-6-2-1-3-7-13)17-12-19-15-8-4-5-9-16(15)20-17/h1-9,14,17H,10-12,18H2/t14-,17+/m1/s1. The summed E-state index contributed by atoms with van der Waals surface area (Å²) in [5, 5.41) is 0. The first-order valence-electron chi connectivity index (χ1n) is 7.01. The van der Waals surface area contributed by atoms with E-state index in [4.69, 9.17) is 15.2 Å². The minimum atomic E-state index is -0.0754. The Morgan fingerprint density at radius 3 is 2.50 bits per heavy atom. The summed E-state index contributed by atoms with van der Waals surface area (Å²) in [4.78, 5) is 0. The molecule has 0 radical (unpaired) electrons. The van der Waals surface area contributed by atoms with Crippen molar-refractivity contribution in [1.29, 1.82) is 0 Å². The van der Waals surface area contributed by atoms with Crippen molar-refractivity contribution in [2.75, 3.05) is 6.61 Å². The van der Waals surface area contributed by atoms with E-state index in [0.29, 0.717) is 6.61 Å². The van der Waals surface area contributed by atoms with E-state index >= 15 is 0 Å². The third kappa shape index (κ3) is 2.94. The van der Waals surface area contributed by atoms with Crippen LogP contribution in [-0.4, -0.2) is 18.8 Å². The number of para-hydroxylation sites is 2. The predicted octanol–water partition coefficient (Wildman–Crippen LogP) is 2.79. The minimum absolute atomic E-state index is 0.0245. The molecule has 104 valence electrons. The number of fused-ring (bicyclic) bond motifs is 1. The number of hydrogen-bond donors (Lipinski definition) is 1. The molecule has 0 saturated carbocycles. The molecule has 2 aromatic carbocycles. The van der Waals surface area contributed by atoms with Crippen molar-refractivity contribution in [3.63, 3.8) is 0 Å². The molecule has 2 atom stereocenters. The van der Waals surface area contributed by atoms with Gasteiger partial charge in [-0.05, 0) is 30.5 Å². The Labute approximate surface area is 119 Å². The average molecular weight is 269 g/mol. The van der Waals surface area contributed by atoms with Crippen LogP contribution in [0.3, 0.4) is 0 Å². The molecule has 0 spiro atoms.